The molecule has 1 aromatic rings. The van der Waals surface area contributed by atoms with Gasteiger partial charge in [0.15, 0.2) is 6.10 Å². The van der Waals surface area contributed by atoms with E-state index in [1.165, 1.54) is 31.2 Å². The lowest BCUT2D eigenvalue weighted by Gasteiger charge is -2.14. The Morgan fingerprint density at radius 3 is 2.45 bits per heavy atom. The molecule has 1 rings (SSSR count). The van der Waals surface area contributed by atoms with E-state index in [0.29, 0.717) is 0 Å². The highest BCUT2D eigenvalue weighted by Gasteiger charge is 2.23. The lowest BCUT2D eigenvalue weighted by Crippen LogP contribution is -2.39. The Balaban J connectivity index is 2.76. The molecule has 6 nitrogen and oxygen atoms in total. The number of hydrogen-bond donors (Lipinski definition) is 1. The Morgan fingerprint density at radius 1 is 1.23 bits per heavy atom. The van der Waals surface area contributed by atoms with Crippen LogP contribution in [0.1, 0.15) is 17.3 Å². The van der Waals surface area contributed by atoms with E-state index in [-0.39, 0.29) is 22.2 Å². The Morgan fingerprint density at radius 2 is 1.86 bits per heavy atom. The molecule has 0 bridgehead atoms. The molecule has 0 aliphatic carbocycles. The number of alkyl carbamates (subject to hydrolysis) is 1. The van der Waals surface area contributed by atoms with E-state index in [2.05, 4.69) is 4.74 Å². The number of esters is 1. The fourth-order valence-electron chi connectivity index (χ4n) is 1.36. The van der Waals surface area contributed by atoms with Crippen LogP contribution in [0.15, 0.2) is 29.2 Å². The molecule has 0 saturated carbocycles. The quantitative estimate of drug-likeness (QED) is 0.658. The molecule has 1 aromatic carbocycles. The summed E-state index contributed by atoms with van der Waals surface area (Å²) in [5.41, 5.74) is -0.0921. The number of carbonyl (C=O) groups is 3. The third-order valence-corrected chi connectivity index (χ3v) is 3.17. The molecule has 22 heavy (non-hydrogen) atoms. The minimum Gasteiger partial charge on any atom is -0.453 e. The highest BCUT2D eigenvalue weighted by atomic mass is 32.2. The molecule has 0 aromatic heterocycles. The molecule has 0 saturated heterocycles. The van der Waals surface area contributed by atoms with Crippen molar-refractivity contribution in [3.05, 3.63) is 29.8 Å². The van der Waals surface area contributed by atoms with Gasteiger partial charge in [0.05, 0.1) is 12.7 Å². The van der Waals surface area contributed by atoms with Gasteiger partial charge in [-0.25, -0.2) is 9.59 Å². The van der Waals surface area contributed by atoms with Gasteiger partial charge in [-0.2, -0.15) is 8.78 Å². The van der Waals surface area contributed by atoms with Crippen molar-refractivity contribution in [2.75, 3.05) is 7.11 Å². The molecule has 0 radical (unpaired) electrons. The lowest BCUT2D eigenvalue weighted by molar-refractivity contribution is -0.128. The minimum atomic E-state index is -2.70. The highest BCUT2D eigenvalue weighted by molar-refractivity contribution is 7.99. The maximum atomic E-state index is 12.4. The van der Waals surface area contributed by atoms with Crippen LogP contribution in [0.2, 0.25) is 0 Å². The third-order valence-electron chi connectivity index (χ3n) is 2.39. The van der Waals surface area contributed by atoms with E-state index in [1.807, 2.05) is 5.32 Å². The van der Waals surface area contributed by atoms with Crippen LogP contribution in [0, 0.1) is 0 Å². The predicted molar refractivity (Wildman–Crippen MR) is 73.7 cm³/mol. The van der Waals surface area contributed by atoms with Crippen molar-refractivity contribution in [2.45, 2.75) is 23.7 Å². The van der Waals surface area contributed by atoms with Gasteiger partial charge in [0, 0.05) is 4.90 Å². The first kappa shape index (κ1) is 17.9. The molecule has 0 aliphatic rings. The van der Waals surface area contributed by atoms with Crippen LogP contribution in [0.3, 0.4) is 0 Å². The molecule has 0 aliphatic heterocycles. The van der Waals surface area contributed by atoms with Crippen LogP contribution in [0.4, 0.5) is 13.6 Å². The number of nitrogens with one attached hydrogen (secondary N) is 1. The molecule has 9 heteroatoms. The summed E-state index contributed by atoms with van der Waals surface area (Å²) in [6.07, 6.45) is -2.29. The number of benzene rings is 1. The van der Waals surface area contributed by atoms with E-state index in [0.717, 1.165) is 7.11 Å². The molecule has 1 N–H and O–H groups in total. The fraction of sp³-hybridized carbons (Fsp3) is 0.308. The third kappa shape index (κ3) is 5.32. The van der Waals surface area contributed by atoms with E-state index < -0.39 is 29.8 Å². The average Bonchev–Trinajstić information content (AvgIpc) is 2.46. The molecule has 120 valence electrons. The summed E-state index contributed by atoms with van der Waals surface area (Å²) >= 11 is 0.194. The zero-order valence-corrected chi connectivity index (χ0v) is 12.5. The molecule has 0 heterocycles. The van der Waals surface area contributed by atoms with Crippen molar-refractivity contribution >= 4 is 29.7 Å². The fourth-order valence-corrected chi connectivity index (χ4v) is 1.99. The first-order valence-corrected chi connectivity index (χ1v) is 6.86. The Labute approximate surface area is 129 Å². The number of hydrogen-bond acceptors (Lipinski definition) is 6. The van der Waals surface area contributed by atoms with Crippen LogP contribution >= 0.6 is 11.8 Å². The number of halogens is 2. The van der Waals surface area contributed by atoms with Crippen LogP contribution in [-0.2, 0) is 14.3 Å². The summed E-state index contributed by atoms with van der Waals surface area (Å²) < 4.78 is 33.9. The number of ether oxygens (including phenoxy) is 2. The van der Waals surface area contributed by atoms with Gasteiger partial charge in [-0.1, -0.05) is 23.9 Å². The summed E-state index contributed by atoms with van der Waals surface area (Å²) in [6.45, 7) is 1.24. The second kappa shape index (κ2) is 8.32. The lowest BCUT2D eigenvalue weighted by atomic mass is 10.2. The van der Waals surface area contributed by atoms with Crippen molar-refractivity contribution in [1.82, 2.24) is 5.32 Å². The maximum Gasteiger partial charge on any atom is 0.413 e. The standard InChI is InChI=1S/C13H13F2NO5S/c1-7(10(17)16-13(19)20-2)21-11(18)8-5-3-4-6-9(8)22-12(14)15/h3-7,12H,1-2H3,(H,16,17,19)/t7-/m1/s1. The Bertz CT molecular complexity index is 567. The van der Waals surface area contributed by atoms with Gasteiger partial charge in [0.25, 0.3) is 11.7 Å². The number of carbonyl (C=O) groups excluding carboxylic acids is 3. The molecule has 2 amide bonds. The van der Waals surface area contributed by atoms with E-state index in [1.54, 1.807) is 0 Å². The predicted octanol–water partition coefficient (Wildman–Crippen LogP) is 2.43. The topological polar surface area (TPSA) is 81.7 Å². The zero-order chi connectivity index (χ0) is 16.7. The molecule has 0 spiro atoms. The number of methoxy groups -OCH3 is 1. The van der Waals surface area contributed by atoms with Crippen LogP contribution in [0.5, 0.6) is 0 Å². The molecule has 0 fully saturated rings. The number of imide groups is 1. The highest BCUT2D eigenvalue weighted by Crippen LogP contribution is 2.28. The number of rotatable bonds is 5. The van der Waals surface area contributed by atoms with Crippen molar-refractivity contribution in [2.24, 2.45) is 0 Å². The largest absolute Gasteiger partial charge is 0.453 e. The normalized spacial score (nSPS) is 11.7. The monoisotopic (exact) mass is 333 g/mol. The molecular formula is C13H13F2NO5S. The molecule has 1 atom stereocenters. The number of alkyl halides is 2. The van der Waals surface area contributed by atoms with Crippen molar-refractivity contribution in [1.29, 1.82) is 0 Å². The maximum absolute atomic E-state index is 12.4. The number of amides is 2. The van der Waals surface area contributed by atoms with Crippen LogP contribution in [0.25, 0.3) is 0 Å². The summed E-state index contributed by atoms with van der Waals surface area (Å²) in [6, 6.07) is 5.62. The Kier molecular flexibility index (Phi) is 6.77. The van der Waals surface area contributed by atoms with Crippen molar-refractivity contribution < 1.29 is 32.6 Å². The molecular weight excluding hydrogens is 320 g/mol. The Hall–Kier alpha value is -2.16. The van der Waals surface area contributed by atoms with Crippen molar-refractivity contribution in [3.8, 4) is 0 Å². The van der Waals surface area contributed by atoms with Crippen molar-refractivity contribution in [3.63, 3.8) is 0 Å². The van der Waals surface area contributed by atoms with E-state index in [9.17, 15) is 23.2 Å². The van der Waals surface area contributed by atoms with Gasteiger partial charge in [-0.15, -0.1) is 0 Å². The van der Waals surface area contributed by atoms with Gasteiger partial charge in [-0.05, 0) is 19.1 Å². The zero-order valence-electron chi connectivity index (χ0n) is 11.7. The first-order valence-electron chi connectivity index (χ1n) is 5.98. The van der Waals surface area contributed by atoms with E-state index >= 15 is 0 Å². The van der Waals surface area contributed by atoms with Crippen LogP contribution < -0.4 is 5.32 Å². The number of thioether (sulfide) groups is 1. The minimum absolute atomic E-state index is 0.0306. The van der Waals surface area contributed by atoms with E-state index in [4.69, 9.17) is 4.74 Å². The van der Waals surface area contributed by atoms with Crippen LogP contribution in [-0.4, -0.2) is 36.9 Å². The van der Waals surface area contributed by atoms with Gasteiger partial charge >= 0.3 is 12.1 Å². The second-order valence-electron chi connectivity index (χ2n) is 3.90. The summed E-state index contributed by atoms with van der Waals surface area (Å²) in [4.78, 5) is 34.4. The van der Waals surface area contributed by atoms with Gasteiger partial charge < -0.3 is 9.47 Å². The SMILES string of the molecule is COC(=O)NC(=O)[C@@H](C)OC(=O)c1ccccc1SC(F)F. The van der Waals surface area contributed by atoms with Gasteiger partial charge in [0.1, 0.15) is 0 Å². The summed E-state index contributed by atoms with van der Waals surface area (Å²) in [5.74, 6) is -4.54. The average molecular weight is 333 g/mol. The summed E-state index contributed by atoms with van der Waals surface area (Å²) in [5, 5.41) is 1.83. The first-order chi connectivity index (χ1) is 10.3. The van der Waals surface area contributed by atoms with Gasteiger partial charge in [0.2, 0.25) is 0 Å². The second-order valence-corrected chi connectivity index (χ2v) is 4.93. The molecule has 0 unspecified atom stereocenters. The summed E-state index contributed by atoms with van der Waals surface area (Å²) in [7, 11) is 1.07. The smallest absolute Gasteiger partial charge is 0.413 e. The van der Waals surface area contributed by atoms with Gasteiger partial charge in [-0.3, -0.25) is 10.1 Å².